The molecule has 0 radical (unpaired) electrons. The highest BCUT2D eigenvalue weighted by atomic mass is 16.5. The van der Waals surface area contributed by atoms with Crippen LogP contribution in [0.4, 0.5) is 0 Å². The molecule has 0 spiro atoms. The van der Waals surface area contributed by atoms with Crippen LogP contribution in [0.1, 0.15) is 30.0 Å². The van der Waals surface area contributed by atoms with Gasteiger partial charge in [0.15, 0.2) is 11.5 Å². The Morgan fingerprint density at radius 3 is 3.00 bits per heavy atom. The molecule has 1 N–H and O–H groups in total. The molecule has 3 rings (SSSR count). The SMILES string of the molecule is Cc1cc(-c2onc3c2C(C)NCC3)no1. The van der Waals surface area contributed by atoms with Gasteiger partial charge in [0.05, 0.1) is 5.69 Å². The standard InChI is InChI=1S/C11H13N3O2/c1-6-5-9(14-15-6)11-10-7(2)12-4-3-8(10)13-16-11/h5,7,12H,3-4H2,1-2H3. The van der Waals surface area contributed by atoms with Gasteiger partial charge in [0.1, 0.15) is 5.76 Å². The van der Waals surface area contributed by atoms with Crippen LogP contribution in [0.15, 0.2) is 15.1 Å². The highest BCUT2D eigenvalue weighted by Crippen LogP contribution is 2.32. The summed E-state index contributed by atoms with van der Waals surface area (Å²) < 4.78 is 10.4. The number of hydrogen-bond acceptors (Lipinski definition) is 5. The van der Waals surface area contributed by atoms with Crippen molar-refractivity contribution in [3.05, 3.63) is 23.1 Å². The summed E-state index contributed by atoms with van der Waals surface area (Å²) >= 11 is 0. The molecule has 0 aromatic carbocycles. The van der Waals surface area contributed by atoms with Crippen LogP contribution in [-0.4, -0.2) is 16.9 Å². The van der Waals surface area contributed by atoms with Crippen LogP contribution >= 0.6 is 0 Å². The minimum absolute atomic E-state index is 0.252. The Bertz CT molecular complexity index is 515. The molecule has 0 saturated heterocycles. The van der Waals surface area contributed by atoms with E-state index < -0.39 is 0 Å². The number of aromatic nitrogens is 2. The lowest BCUT2D eigenvalue weighted by atomic mass is 9.99. The molecule has 84 valence electrons. The Hall–Kier alpha value is -1.62. The predicted molar refractivity (Wildman–Crippen MR) is 56.9 cm³/mol. The quantitative estimate of drug-likeness (QED) is 0.792. The largest absolute Gasteiger partial charge is 0.361 e. The van der Waals surface area contributed by atoms with Gasteiger partial charge in [-0.05, 0) is 13.8 Å². The normalized spacial score (nSPS) is 19.8. The summed E-state index contributed by atoms with van der Waals surface area (Å²) in [6.45, 7) is 4.91. The molecule has 0 saturated carbocycles. The predicted octanol–water partition coefficient (Wildman–Crippen LogP) is 1.84. The summed E-state index contributed by atoms with van der Waals surface area (Å²) in [5, 5.41) is 11.4. The molecule has 3 heterocycles. The molecule has 1 aliphatic rings. The number of nitrogens with zero attached hydrogens (tertiary/aromatic N) is 2. The van der Waals surface area contributed by atoms with Crippen molar-refractivity contribution < 1.29 is 9.05 Å². The van der Waals surface area contributed by atoms with E-state index in [-0.39, 0.29) is 6.04 Å². The first-order valence-corrected chi connectivity index (χ1v) is 5.41. The van der Waals surface area contributed by atoms with Gasteiger partial charge in [0.25, 0.3) is 0 Å². The number of fused-ring (bicyclic) bond motifs is 1. The molecule has 1 atom stereocenters. The topological polar surface area (TPSA) is 64.1 Å². The van der Waals surface area contributed by atoms with Crippen molar-refractivity contribution in [2.45, 2.75) is 26.3 Å². The summed E-state index contributed by atoms with van der Waals surface area (Å²) in [5.74, 6) is 1.50. The Kier molecular flexibility index (Phi) is 2.07. The van der Waals surface area contributed by atoms with E-state index in [0.29, 0.717) is 0 Å². The molecule has 5 nitrogen and oxygen atoms in total. The molecule has 0 bridgehead atoms. The Balaban J connectivity index is 2.12. The first kappa shape index (κ1) is 9.59. The van der Waals surface area contributed by atoms with E-state index in [9.17, 15) is 0 Å². The fourth-order valence-corrected chi connectivity index (χ4v) is 2.12. The van der Waals surface area contributed by atoms with E-state index in [0.717, 1.165) is 41.4 Å². The van der Waals surface area contributed by atoms with Crippen LogP contribution in [0, 0.1) is 6.92 Å². The maximum atomic E-state index is 5.37. The van der Waals surface area contributed by atoms with E-state index in [4.69, 9.17) is 9.05 Å². The third-order valence-electron chi connectivity index (χ3n) is 2.91. The lowest BCUT2D eigenvalue weighted by Gasteiger charge is -2.18. The van der Waals surface area contributed by atoms with Crippen molar-refractivity contribution in [3.63, 3.8) is 0 Å². The van der Waals surface area contributed by atoms with E-state index in [2.05, 4.69) is 22.6 Å². The smallest absolute Gasteiger partial charge is 0.193 e. The molecule has 16 heavy (non-hydrogen) atoms. The molecule has 0 aliphatic carbocycles. The maximum absolute atomic E-state index is 5.37. The average Bonchev–Trinajstić information content (AvgIpc) is 2.84. The molecule has 1 aliphatic heterocycles. The highest BCUT2D eigenvalue weighted by Gasteiger charge is 2.26. The third kappa shape index (κ3) is 1.36. The molecule has 0 fully saturated rings. The van der Waals surface area contributed by atoms with Crippen molar-refractivity contribution in [3.8, 4) is 11.5 Å². The van der Waals surface area contributed by atoms with E-state index in [1.54, 1.807) is 0 Å². The Labute approximate surface area is 92.8 Å². The van der Waals surface area contributed by atoms with Crippen molar-refractivity contribution in [2.75, 3.05) is 6.54 Å². The lowest BCUT2D eigenvalue weighted by Crippen LogP contribution is -2.27. The molecular weight excluding hydrogens is 206 g/mol. The number of aryl methyl sites for hydroxylation is 1. The third-order valence-corrected chi connectivity index (χ3v) is 2.91. The van der Waals surface area contributed by atoms with Gasteiger partial charge in [0.2, 0.25) is 0 Å². The molecule has 2 aromatic rings. The van der Waals surface area contributed by atoms with E-state index in [1.165, 1.54) is 0 Å². The number of nitrogens with one attached hydrogen (secondary N) is 1. The summed E-state index contributed by atoms with van der Waals surface area (Å²) in [6, 6.07) is 2.12. The monoisotopic (exact) mass is 219 g/mol. The maximum Gasteiger partial charge on any atom is 0.193 e. The van der Waals surface area contributed by atoms with Crippen LogP contribution in [-0.2, 0) is 6.42 Å². The zero-order valence-electron chi connectivity index (χ0n) is 9.28. The second-order valence-corrected chi connectivity index (χ2v) is 4.12. The minimum atomic E-state index is 0.252. The van der Waals surface area contributed by atoms with Crippen LogP contribution in [0.25, 0.3) is 11.5 Å². The molecule has 5 heteroatoms. The van der Waals surface area contributed by atoms with Gasteiger partial charge < -0.3 is 14.4 Å². The zero-order chi connectivity index (χ0) is 11.1. The molecule has 1 unspecified atom stereocenters. The van der Waals surface area contributed by atoms with Gasteiger partial charge in [0, 0.05) is 30.6 Å². The fraction of sp³-hybridized carbons (Fsp3) is 0.455. The van der Waals surface area contributed by atoms with Crippen molar-refractivity contribution in [1.29, 1.82) is 0 Å². The summed E-state index contributed by atoms with van der Waals surface area (Å²) in [4.78, 5) is 0. The average molecular weight is 219 g/mol. The summed E-state index contributed by atoms with van der Waals surface area (Å²) in [7, 11) is 0. The van der Waals surface area contributed by atoms with Gasteiger partial charge >= 0.3 is 0 Å². The van der Waals surface area contributed by atoms with E-state index >= 15 is 0 Å². The van der Waals surface area contributed by atoms with Crippen molar-refractivity contribution in [1.82, 2.24) is 15.6 Å². The summed E-state index contributed by atoms with van der Waals surface area (Å²) in [6.07, 6.45) is 0.903. The first-order valence-electron chi connectivity index (χ1n) is 5.41. The number of hydrogen-bond donors (Lipinski definition) is 1. The van der Waals surface area contributed by atoms with Gasteiger partial charge in [-0.1, -0.05) is 10.3 Å². The van der Waals surface area contributed by atoms with Gasteiger partial charge in [-0.15, -0.1) is 0 Å². The van der Waals surface area contributed by atoms with Gasteiger partial charge in [-0.25, -0.2) is 0 Å². The summed E-state index contributed by atoms with van der Waals surface area (Å²) in [5.41, 5.74) is 2.86. The van der Waals surface area contributed by atoms with Crippen molar-refractivity contribution in [2.24, 2.45) is 0 Å². The number of rotatable bonds is 1. The Morgan fingerprint density at radius 2 is 2.25 bits per heavy atom. The van der Waals surface area contributed by atoms with Gasteiger partial charge in [-0.3, -0.25) is 0 Å². The Morgan fingerprint density at radius 1 is 1.38 bits per heavy atom. The fourth-order valence-electron chi connectivity index (χ4n) is 2.12. The highest BCUT2D eigenvalue weighted by molar-refractivity contribution is 5.59. The van der Waals surface area contributed by atoms with Crippen LogP contribution in [0.3, 0.4) is 0 Å². The molecular formula is C11H13N3O2. The van der Waals surface area contributed by atoms with Crippen molar-refractivity contribution >= 4 is 0 Å². The second-order valence-electron chi connectivity index (χ2n) is 4.12. The van der Waals surface area contributed by atoms with Gasteiger partial charge in [-0.2, -0.15) is 0 Å². The van der Waals surface area contributed by atoms with Crippen LogP contribution < -0.4 is 5.32 Å². The zero-order valence-corrected chi connectivity index (χ0v) is 9.28. The second kappa shape index (κ2) is 3.45. The van der Waals surface area contributed by atoms with Crippen LogP contribution in [0.5, 0.6) is 0 Å². The minimum Gasteiger partial charge on any atom is -0.361 e. The van der Waals surface area contributed by atoms with Crippen LogP contribution in [0.2, 0.25) is 0 Å². The molecule has 2 aromatic heterocycles. The molecule has 0 amide bonds. The van der Waals surface area contributed by atoms with E-state index in [1.807, 2.05) is 13.0 Å². The first-order chi connectivity index (χ1) is 7.75. The lowest BCUT2D eigenvalue weighted by molar-refractivity contribution is 0.389.